The van der Waals surface area contributed by atoms with Gasteiger partial charge in [0, 0.05) is 5.69 Å². The number of anilines is 2. The van der Waals surface area contributed by atoms with Gasteiger partial charge in [0.05, 0.1) is 17.3 Å². The minimum Gasteiger partial charge on any atom is -0.303 e. The first-order valence-corrected chi connectivity index (χ1v) is 10.2. The molecule has 1 saturated heterocycles. The summed E-state index contributed by atoms with van der Waals surface area (Å²) in [6.45, 7) is 8.37. The Morgan fingerprint density at radius 2 is 1.67 bits per heavy atom. The number of amides is 1. The monoisotopic (exact) mass is 481 g/mol. The summed E-state index contributed by atoms with van der Waals surface area (Å²) in [6, 6.07) is 7.26. The van der Waals surface area contributed by atoms with E-state index in [9.17, 15) is 22.4 Å². The number of hydrogen-bond donors (Lipinski definition) is 0. The van der Waals surface area contributed by atoms with E-state index < -0.39 is 51.5 Å². The first-order valence-electron chi connectivity index (χ1n) is 9.82. The number of halogens is 5. The molecule has 2 aromatic rings. The fourth-order valence-electron chi connectivity index (χ4n) is 3.80. The Hall–Kier alpha value is -3.06. The molecule has 1 aliphatic heterocycles. The number of hydrogen-bond acceptors (Lipinski definition) is 3. The van der Waals surface area contributed by atoms with Crippen LogP contribution in [0.15, 0.2) is 30.3 Å². The van der Waals surface area contributed by atoms with Crippen LogP contribution >= 0.6 is 12.2 Å². The normalized spacial score (nSPS) is 16.4. The maximum absolute atomic E-state index is 15.0. The maximum Gasteiger partial charge on any atom is 0.420 e. The predicted octanol–water partition coefficient (Wildman–Crippen LogP) is 6.07. The van der Waals surface area contributed by atoms with Gasteiger partial charge in [0.15, 0.2) is 10.9 Å². The van der Waals surface area contributed by atoms with E-state index in [0.29, 0.717) is 10.5 Å². The highest BCUT2D eigenvalue weighted by molar-refractivity contribution is 7.81. The Morgan fingerprint density at radius 1 is 1.06 bits per heavy atom. The summed E-state index contributed by atoms with van der Waals surface area (Å²) in [7, 11) is 0. The highest BCUT2D eigenvalue weighted by Crippen LogP contribution is 2.42. The molecule has 10 heteroatoms. The second-order valence-corrected chi connectivity index (χ2v) is 9.53. The molecule has 0 bridgehead atoms. The lowest BCUT2D eigenvalue weighted by Crippen LogP contribution is -2.44. The molecule has 33 heavy (non-hydrogen) atoms. The third kappa shape index (κ3) is 3.95. The minimum absolute atomic E-state index is 0.191. The van der Waals surface area contributed by atoms with Crippen molar-refractivity contribution in [1.29, 1.82) is 5.26 Å². The highest BCUT2D eigenvalue weighted by Gasteiger charge is 2.52. The standard InChI is InChI=1S/C23H20F5N3OS/c1-21(2,3)14-8-7-13(10-15(14)24)31-20(33)30(19(32)22(31,4)5)16-9-6-12(11-29)17(18(16)25)23(26,27)28/h6-10H,1-5H3. The van der Waals surface area contributed by atoms with Gasteiger partial charge in [-0.1, -0.05) is 26.8 Å². The van der Waals surface area contributed by atoms with Gasteiger partial charge in [-0.25, -0.2) is 8.78 Å². The molecule has 0 aliphatic carbocycles. The van der Waals surface area contributed by atoms with Crippen LogP contribution in [0.25, 0.3) is 0 Å². The smallest absolute Gasteiger partial charge is 0.303 e. The molecule has 0 atom stereocenters. The molecule has 1 heterocycles. The number of nitrogens with zero attached hydrogens (tertiary/aromatic N) is 3. The van der Waals surface area contributed by atoms with E-state index >= 15 is 4.39 Å². The van der Waals surface area contributed by atoms with Gasteiger partial charge < -0.3 is 4.90 Å². The van der Waals surface area contributed by atoms with Crippen molar-refractivity contribution in [2.75, 3.05) is 9.80 Å². The van der Waals surface area contributed by atoms with E-state index in [1.165, 1.54) is 30.9 Å². The van der Waals surface area contributed by atoms with Gasteiger partial charge in [-0.05, 0) is 61.3 Å². The van der Waals surface area contributed by atoms with Crippen LogP contribution < -0.4 is 9.80 Å². The molecule has 0 spiro atoms. The van der Waals surface area contributed by atoms with Crippen LogP contribution in [0.1, 0.15) is 51.3 Å². The zero-order valence-corrected chi connectivity index (χ0v) is 19.3. The van der Waals surface area contributed by atoms with Crippen LogP contribution in [0.2, 0.25) is 0 Å². The van der Waals surface area contributed by atoms with Gasteiger partial charge in [-0.3, -0.25) is 9.69 Å². The average Bonchev–Trinajstić information content (AvgIpc) is 2.84. The van der Waals surface area contributed by atoms with Crippen LogP contribution in [-0.4, -0.2) is 16.6 Å². The number of alkyl halides is 3. The molecule has 2 aromatic carbocycles. The Bertz CT molecular complexity index is 1210. The van der Waals surface area contributed by atoms with E-state index in [1.54, 1.807) is 12.1 Å². The molecule has 3 rings (SSSR count). The van der Waals surface area contributed by atoms with Crippen molar-refractivity contribution in [1.82, 2.24) is 0 Å². The third-order valence-electron chi connectivity index (χ3n) is 5.45. The zero-order chi connectivity index (χ0) is 25.1. The number of carbonyl (C=O) groups is 1. The van der Waals surface area contributed by atoms with Crippen molar-refractivity contribution in [2.24, 2.45) is 0 Å². The van der Waals surface area contributed by atoms with Crippen molar-refractivity contribution in [3.8, 4) is 6.07 Å². The predicted molar refractivity (Wildman–Crippen MR) is 118 cm³/mol. The molecule has 0 unspecified atom stereocenters. The molecule has 174 valence electrons. The van der Waals surface area contributed by atoms with Gasteiger partial charge in [0.2, 0.25) is 0 Å². The highest BCUT2D eigenvalue weighted by atomic mass is 32.1. The molecule has 4 nitrogen and oxygen atoms in total. The summed E-state index contributed by atoms with van der Waals surface area (Å²) >= 11 is 5.35. The fraction of sp³-hybridized carbons (Fsp3) is 0.348. The number of benzene rings is 2. The Balaban J connectivity index is 2.16. The largest absolute Gasteiger partial charge is 0.420 e. The van der Waals surface area contributed by atoms with E-state index in [0.717, 1.165) is 12.1 Å². The van der Waals surface area contributed by atoms with Crippen LogP contribution in [0.4, 0.5) is 33.3 Å². The molecule has 1 amide bonds. The minimum atomic E-state index is -5.17. The molecule has 0 aromatic heterocycles. The zero-order valence-electron chi connectivity index (χ0n) is 18.4. The third-order valence-corrected chi connectivity index (χ3v) is 5.82. The van der Waals surface area contributed by atoms with Crippen LogP contribution in [0, 0.1) is 23.0 Å². The number of rotatable bonds is 2. The Morgan fingerprint density at radius 3 is 2.15 bits per heavy atom. The van der Waals surface area contributed by atoms with E-state index in [2.05, 4.69) is 0 Å². The summed E-state index contributed by atoms with van der Waals surface area (Å²) in [5.41, 5.74) is -4.77. The van der Waals surface area contributed by atoms with Crippen molar-refractivity contribution in [3.63, 3.8) is 0 Å². The van der Waals surface area contributed by atoms with Crippen LogP contribution in [0.3, 0.4) is 0 Å². The van der Waals surface area contributed by atoms with Crippen LogP contribution in [-0.2, 0) is 16.4 Å². The lowest BCUT2D eigenvalue weighted by molar-refractivity contribution is -0.140. The topological polar surface area (TPSA) is 47.3 Å². The maximum atomic E-state index is 15.0. The SMILES string of the molecule is CC(C)(C)c1ccc(N2C(=S)N(c3ccc(C#N)c(C(F)(F)F)c3F)C(=O)C2(C)C)cc1F. The Labute approximate surface area is 193 Å². The lowest BCUT2D eigenvalue weighted by Gasteiger charge is -2.30. The first kappa shape index (κ1) is 24.6. The quantitative estimate of drug-likeness (QED) is 0.386. The van der Waals surface area contributed by atoms with Crippen molar-refractivity contribution in [3.05, 3.63) is 58.7 Å². The molecular formula is C23H20F5N3OS. The van der Waals surface area contributed by atoms with Crippen molar-refractivity contribution in [2.45, 2.75) is 51.7 Å². The summed E-state index contributed by atoms with van der Waals surface area (Å²) in [5.74, 6) is -3.14. The van der Waals surface area contributed by atoms with E-state index in [4.69, 9.17) is 17.5 Å². The number of thiocarbonyl (C=S) groups is 1. The second kappa shape index (κ2) is 7.76. The van der Waals surface area contributed by atoms with Gasteiger partial charge in [-0.2, -0.15) is 18.4 Å². The van der Waals surface area contributed by atoms with Crippen molar-refractivity contribution < 1.29 is 26.7 Å². The lowest BCUT2D eigenvalue weighted by atomic mass is 9.86. The van der Waals surface area contributed by atoms with Crippen LogP contribution in [0.5, 0.6) is 0 Å². The summed E-state index contributed by atoms with van der Waals surface area (Å²) in [6.07, 6.45) is -5.17. The molecule has 1 fully saturated rings. The summed E-state index contributed by atoms with van der Waals surface area (Å²) in [5, 5.41) is 8.66. The number of nitriles is 1. The number of carbonyl (C=O) groups excluding carboxylic acids is 1. The first-order chi connectivity index (χ1) is 15.0. The second-order valence-electron chi connectivity index (χ2n) is 9.16. The van der Waals surface area contributed by atoms with Gasteiger partial charge >= 0.3 is 6.18 Å². The molecule has 0 saturated carbocycles. The van der Waals surface area contributed by atoms with E-state index in [-0.39, 0.29) is 10.8 Å². The van der Waals surface area contributed by atoms with Gasteiger partial charge in [0.1, 0.15) is 16.9 Å². The molecule has 1 aliphatic rings. The van der Waals surface area contributed by atoms with E-state index in [1.807, 2.05) is 20.8 Å². The fourth-order valence-corrected chi connectivity index (χ4v) is 4.32. The average molecular weight is 481 g/mol. The summed E-state index contributed by atoms with van der Waals surface area (Å²) in [4.78, 5) is 15.1. The molecule has 0 radical (unpaired) electrons. The van der Waals surface area contributed by atoms with Gasteiger partial charge in [-0.15, -0.1) is 0 Å². The molecule has 0 N–H and O–H groups in total. The van der Waals surface area contributed by atoms with Gasteiger partial charge in [0.25, 0.3) is 5.91 Å². The Kier molecular flexibility index (Phi) is 5.78. The van der Waals surface area contributed by atoms with Crippen molar-refractivity contribution >= 4 is 34.6 Å². The summed E-state index contributed by atoms with van der Waals surface area (Å²) < 4.78 is 70.2. The molecular weight excluding hydrogens is 461 g/mol.